The van der Waals surface area contributed by atoms with Gasteiger partial charge in [0.1, 0.15) is 29.7 Å². The van der Waals surface area contributed by atoms with Crippen molar-refractivity contribution in [3.8, 4) is 17.2 Å². The Morgan fingerprint density at radius 2 is 1.79 bits per heavy atom. The molecule has 0 radical (unpaired) electrons. The fourth-order valence-electron chi connectivity index (χ4n) is 3.69. The van der Waals surface area contributed by atoms with Crippen molar-refractivity contribution in [2.45, 2.75) is 19.8 Å². The van der Waals surface area contributed by atoms with E-state index in [0.29, 0.717) is 49.1 Å². The second-order valence-electron chi connectivity index (χ2n) is 7.83. The molecule has 0 bridgehead atoms. The van der Waals surface area contributed by atoms with Crippen LogP contribution < -0.4 is 19.5 Å². The van der Waals surface area contributed by atoms with Crippen LogP contribution in [0.1, 0.15) is 16.7 Å². The molecule has 0 saturated carbocycles. The van der Waals surface area contributed by atoms with Crippen LogP contribution in [-0.4, -0.2) is 38.3 Å². The van der Waals surface area contributed by atoms with Crippen molar-refractivity contribution in [2.24, 2.45) is 0 Å². The van der Waals surface area contributed by atoms with Gasteiger partial charge in [-0.25, -0.2) is 9.18 Å². The zero-order valence-electron chi connectivity index (χ0n) is 19.2. The highest BCUT2D eigenvalue weighted by Crippen LogP contribution is 2.28. The Kier molecular flexibility index (Phi) is 7.49. The molecule has 1 heterocycles. The zero-order valence-corrected chi connectivity index (χ0v) is 19.2. The van der Waals surface area contributed by atoms with Gasteiger partial charge in [0.05, 0.1) is 40.5 Å². The molecule has 0 unspecified atom stereocenters. The first-order chi connectivity index (χ1) is 16.6. The number of methoxy groups -OCH3 is 2. The van der Waals surface area contributed by atoms with Gasteiger partial charge in [-0.15, -0.1) is 0 Å². The normalized spacial score (nSPS) is 12.9. The van der Waals surface area contributed by atoms with E-state index in [2.05, 4.69) is 5.32 Å². The highest BCUT2D eigenvalue weighted by atomic mass is 19.1. The van der Waals surface area contributed by atoms with Gasteiger partial charge in [-0.1, -0.05) is 24.3 Å². The number of halogens is 1. The number of fused-ring (bicyclic) bond motifs is 1. The lowest BCUT2D eigenvalue weighted by Crippen LogP contribution is -2.36. The third-order valence-corrected chi connectivity index (χ3v) is 5.48. The van der Waals surface area contributed by atoms with Gasteiger partial charge in [0, 0.05) is 35.0 Å². The first-order valence-corrected chi connectivity index (χ1v) is 10.9. The predicted octanol–water partition coefficient (Wildman–Crippen LogP) is 4.99. The van der Waals surface area contributed by atoms with Crippen LogP contribution in [-0.2, 0) is 24.5 Å². The Bertz CT molecular complexity index is 1130. The molecule has 4 rings (SSSR count). The Hall–Kier alpha value is -3.78. The first-order valence-electron chi connectivity index (χ1n) is 10.9. The van der Waals surface area contributed by atoms with Crippen molar-refractivity contribution in [1.82, 2.24) is 4.90 Å². The number of anilines is 1. The summed E-state index contributed by atoms with van der Waals surface area (Å²) in [6.07, 6.45) is 0. The summed E-state index contributed by atoms with van der Waals surface area (Å²) in [5.74, 6) is 1.61. The van der Waals surface area contributed by atoms with Crippen LogP contribution in [0.15, 0.2) is 60.7 Å². The van der Waals surface area contributed by atoms with Gasteiger partial charge in [0.25, 0.3) is 0 Å². The average Bonchev–Trinajstić information content (AvgIpc) is 3.07. The first kappa shape index (κ1) is 23.4. The molecule has 2 amide bonds. The molecule has 0 aromatic heterocycles. The van der Waals surface area contributed by atoms with Gasteiger partial charge in [-0.05, 0) is 23.8 Å². The number of hydrogen-bond acceptors (Lipinski definition) is 5. The second kappa shape index (κ2) is 10.9. The van der Waals surface area contributed by atoms with Crippen molar-refractivity contribution in [3.05, 3.63) is 83.2 Å². The van der Waals surface area contributed by atoms with E-state index in [0.717, 1.165) is 16.9 Å². The van der Waals surface area contributed by atoms with Crippen LogP contribution in [0.5, 0.6) is 17.2 Å². The summed E-state index contributed by atoms with van der Waals surface area (Å²) in [5, 5.41) is 2.90. The minimum absolute atomic E-state index is 0.179. The van der Waals surface area contributed by atoms with Crippen LogP contribution >= 0.6 is 0 Å². The summed E-state index contributed by atoms with van der Waals surface area (Å²) in [6.45, 7) is 1.69. The topological polar surface area (TPSA) is 69.3 Å². The smallest absolute Gasteiger partial charge is 0.322 e. The highest BCUT2D eigenvalue weighted by Gasteiger charge is 2.21. The third-order valence-electron chi connectivity index (χ3n) is 5.48. The molecule has 8 heteroatoms. The Labute approximate surface area is 198 Å². The van der Waals surface area contributed by atoms with E-state index in [9.17, 15) is 9.18 Å². The minimum Gasteiger partial charge on any atom is -0.497 e. The van der Waals surface area contributed by atoms with Gasteiger partial charge < -0.3 is 29.2 Å². The van der Waals surface area contributed by atoms with E-state index in [1.807, 2.05) is 18.2 Å². The number of hydrogen-bond donors (Lipinski definition) is 1. The SMILES string of the molecule is COc1cc(NC(=O)N2CCOc3ccc(COCc4ccccc4F)cc3C2)cc(OC)c1. The predicted molar refractivity (Wildman–Crippen MR) is 126 cm³/mol. The third kappa shape index (κ3) is 5.77. The van der Waals surface area contributed by atoms with E-state index in [1.165, 1.54) is 6.07 Å². The molecule has 178 valence electrons. The lowest BCUT2D eigenvalue weighted by atomic mass is 10.1. The van der Waals surface area contributed by atoms with Gasteiger partial charge >= 0.3 is 6.03 Å². The molecule has 0 saturated heterocycles. The lowest BCUT2D eigenvalue weighted by Gasteiger charge is -2.21. The maximum absolute atomic E-state index is 13.8. The summed E-state index contributed by atoms with van der Waals surface area (Å²) >= 11 is 0. The quantitative estimate of drug-likeness (QED) is 0.532. The van der Waals surface area contributed by atoms with Gasteiger partial charge in [-0.2, -0.15) is 0 Å². The number of rotatable bonds is 7. The van der Waals surface area contributed by atoms with Crippen molar-refractivity contribution in [2.75, 3.05) is 32.7 Å². The van der Waals surface area contributed by atoms with Crippen LogP contribution in [0.3, 0.4) is 0 Å². The molecule has 1 N–H and O–H groups in total. The van der Waals surface area contributed by atoms with Gasteiger partial charge in [0.15, 0.2) is 0 Å². The van der Waals surface area contributed by atoms with Crippen molar-refractivity contribution in [3.63, 3.8) is 0 Å². The van der Waals surface area contributed by atoms with E-state index in [1.54, 1.807) is 55.5 Å². The number of benzene rings is 3. The molecule has 0 aliphatic carbocycles. The van der Waals surface area contributed by atoms with Gasteiger partial charge in [0.2, 0.25) is 0 Å². The largest absolute Gasteiger partial charge is 0.497 e. The molecule has 0 atom stereocenters. The standard InChI is InChI=1S/C26H27FN2O5/c1-31-22-12-21(13-23(14-22)32-2)28-26(30)29-9-10-34-25-8-7-18(11-20(25)15-29)16-33-17-19-5-3-4-6-24(19)27/h3-8,11-14H,9-10,15-17H2,1-2H3,(H,28,30). The fraction of sp³-hybridized carbons (Fsp3) is 0.269. The molecule has 0 fully saturated rings. The van der Waals surface area contributed by atoms with Crippen molar-refractivity contribution >= 4 is 11.7 Å². The number of carbonyl (C=O) groups excluding carboxylic acids is 1. The van der Waals surface area contributed by atoms with Crippen LogP contribution in [0.2, 0.25) is 0 Å². The molecule has 0 spiro atoms. The minimum atomic E-state index is -0.284. The summed E-state index contributed by atoms with van der Waals surface area (Å²) in [6, 6.07) is 17.2. The van der Waals surface area contributed by atoms with Crippen LogP contribution in [0, 0.1) is 5.82 Å². The van der Waals surface area contributed by atoms with Gasteiger partial charge in [-0.3, -0.25) is 0 Å². The molecule has 3 aromatic carbocycles. The molecular weight excluding hydrogens is 439 g/mol. The molecular formula is C26H27FN2O5. The highest BCUT2D eigenvalue weighted by molar-refractivity contribution is 5.90. The summed E-state index contributed by atoms with van der Waals surface area (Å²) in [4.78, 5) is 14.7. The van der Waals surface area contributed by atoms with Crippen molar-refractivity contribution in [1.29, 1.82) is 0 Å². The maximum atomic E-state index is 13.8. The number of carbonyl (C=O) groups is 1. The number of nitrogens with one attached hydrogen (secondary N) is 1. The van der Waals surface area contributed by atoms with E-state index in [-0.39, 0.29) is 18.5 Å². The summed E-state index contributed by atoms with van der Waals surface area (Å²) in [7, 11) is 3.11. The summed E-state index contributed by atoms with van der Waals surface area (Å²) in [5.41, 5.74) is 2.88. The lowest BCUT2D eigenvalue weighted by molar-refractivity contribution is 0.105. The maximum Gasteiger partial charge on any atom is 0.322 e. The molecule has 7 nitrogen and oxygen atoms in total. The number of ether oxygens (including phenoxy) is 4. The van der Waals surface area contributed by atoms with E-state index < -0.39 is 0 Å². The average molecular weight is 467 g/mol. The molecule has 34 heavy (non-hydrogen) atoms. The van der Waals surface area contributed by atoms with E-state index in [4.69, 9.17) is 18.9 Å². The molecule has 3 aromatic rings. The summed E-state index contributed by atoms with van der Waals surface area (Å²) < 4.78 is 35.9. The fourth-order valence-corrected chi connectivity index (χ4v) is 3.69. The zero-order chi connectivity index (χ0) is 23.9. The second-order valence-corrected chi connectivity index (χ2v) is 7.83. The van der Waals surface area contributed by atoms with Crippen LogP contribution in [0.25, 0.3) is 0 Å². The number of urea groups is 1. The van der Waals surface area contributed by atoms with Crippen molar-refractivity contribution < 1.29 is 28.1 Å². The molecule has 1 aliphatic heterocycles. The van der Waals surface area contributed by atoms with Crippen LogP contribution in [0.4, 0.5) is 14.9 Å². The Morgan fingerprint density at radius 1 is 1.03 bits per heavy atom. The van der Waals surface area contributed by atoms with E-state index >= 15 is 0 Å². The monoisotopic (exact) mass is 466 g/mol. The molecule has 1 aliphatic rings. The Morgan fingerprint density at radius 3 is 2.53 bits per heavy atom. The number of nitrogens with zero attached hydrogens (tertiary/aromatic N) is 1. The number of amides is 2. The Balaban J connectivity index is 1.41.